The summed E-state index contributed by atoms with van der Waals surface area (Å²) < 4.78 is 5.40. The lowest BCUT2D eigenvalue weighted by Crippen LogP contribution is -2.51. The highest BCUT2D eigenvalue weighted by molar-refractivity contribution is 5.85. The molecule has 0 saturated carbocycles. The molecular weight excluding hydrogens is 301 g/mol. The monoisotopic (exact) mass is 327 g/mol. The number of rotatable bonds is 5. The van der Waals surface area contributed by atoms with Crippen molar-refractivity contribution in [3.63, 3.8) is 0 Å². The van der Waals surface area contributed by atoms with Crippen molar-refractivity contribution in [3.8, 4) is 0 Å². The first-order valence-electron chi connectivity index (χ1n) is 6.98. The number of carbonyl (C=O) groups is 1. The predicted molar refractivity (Wildman–Crippen MR) is 84.9 cm³/mol. The molecule has 20 heavy (non-hydrogen) atoms. The molecule has 0 radical (unpaired) electrons. The molecule has 2 heterocycles. The van der Waals surface area contributed by atoms with Crippen molar-refractivity contribution in [1.82, 2.24) is 15.5 Å². The zero-order valence-corrected chi connectivity index (χ0v) is 13.9. The second kappa shape index (κ2) is 9.79. The number of nitrogens with zero attached hydrogens (tertiary/aromatic N) is 1. The fourth-order valence-electron chi connectivity index (χ4n) is 2.46. The van der Waals surface area contributed by atoms with Crippen LogP contribution in [0.4, 0.5) is 0 Å². The van der Waals surface area contributed by atoms with Crippen LogP contribution in [-0.2, 0) is 9.53 Å². The van der Waals surface area contributed by atoms with Gasteiger partial charge in [0, 0.05) is 31.6 Å². The van der Waals surface area contributed by atoms with E-state index >= 15 is 0 Å². The maximum atomic E-state index is 11.9. The Hall–Kier alpha value is -0.0700. The fourth-order valence-corrected chi connectivity index (χ4v) is 2.46. The summed E-state index contributed by atoms with van der Waals surface area (Å²) in [5.74, 6) is 0.850. The van der Waals surface area contributed by atoms with E-state index in [1.165, 1.54) is 0 Å². The van der Waals surface area contributed by atoms with Gasteiger partial charge >= 0.3 is 0 Å². The second-order valence-electron chi connectivity index (χ2n) is 5.46. The molecule has 0 spiro atoms. The molecule has 0 aromatic carbocycles. The Balaban J connectivity index is 0.00000180. The van der Waals surface area contributed by atoms with Crippen molar-refractivity contribution < 1.29 is 9.53 Å². The van der Waals surface area contributed by atoms with Gasteiger partial charge in [0.15, 0.2) is 0 Å². The van der Waals surface area contributed by atoms with Crippen molar-refractivity contribution in [1.29, 1.82) is 0 Å². The Labute approximate surface area is 134 Å². The van der Waals surface area contributed by atoms with Crippen molar-refractivity contribution >= 4 is 30.7 Å². The van der Waals surface area contributed by atoms with E-state index in [4.69, 9.17) is 4.74 Å². The lowest BCUT2D eigenvalue weighted by atomic mass is 9.88. The van der Waals surface area contributed by atoms with Crippen molar-refractivity contribution in [2.24, 2.45) is 11.8 Å². The zero-order valence-electron chi connectivity index (χ0n) is 12.3. The summed E-state index contributed by atoms with van der Waals surface area (Å²) in [6.07, 6.45) is 0. The van der Waals surface area contributed by atoms with Gasteiger partial charge in [-0.25, -0.2) is 0 Å². The predicted octanol–water partition coefficient (Wildman–Crippen LogP) is 0.522. The molecule has 120 valence electrons. The lowest BCUT2D eigenvalue weighted by Gasteiger charge is -2.34. The summed E-state index contributed by atoms with van der Waals surface area (Å²) >= 11 is 0. The quantitative estimate of drug-likeness (QED) is 0.773. The molecule has 2 rings (SSSR count). The summed E-state index contributed by atoms with van der Waals surface area (Å²) in [4.78, 5) is 14.3. The SMILES string of the molecule is CC(C(=O)NCCN1CCOCC1C)C1CNC1.Cl.Cl. The number of halogens is 2. The van der Waals surface area contributed by atoms with Gasteiger partial charge in [-0.2, -0.15) is 0 Å². The minimum Gasteiger partial charge on any atom is -0.379 e. The maximum absolute atomic E-state index is 11.9. The van der Waals surface area contributed by atoms with Crippen molar-refractivity contribution in [2.75, 3.05) is 45.9 Å². The number of carbonyl (C=O) groups excluding carboxylic acids is 1. The molecule has 0 aromatic rings. The summed E-state index contributed by atoms with van der Waals surface area (Å²) in [5, 5.41) is 6.26. The van der Waals surface area contributed by atoms with Gasteiger partial charge < -0.3 is 15.4 Å². The molecule has 2 fully saturated rings. The van der Waals surface area contributed by atoms with Crippen LogP contribution in [0.1, 0.15) is 13.8 Å². The average Bonchev–Trinajstić information content (AvgIpc) is 2.29. The third-order valence-corrected chi connectivity index (χ3v) is 4.14. The summed E-state index contributed by atoms with van der Waals surface area (Å²) in [7, 11) is 0. The van der Waals surface area contributed by atoms with Gasteiger partial charge in [-0.3, -0.25) is 9.69 Å². The van der Waals surface area contributed by atoms with E-state index in [1.54, 1.807) is 0 Å². The first-order chi connectivity index (χ1) is 8.68. The minimum atomic E-state index is 0. The van der Waals surface area contributed by atoms with Gasteiger partial charge in [0.05, 0.1) is 13.2 Å². The van der Waals surface area contributed by atoms with Gasteiger partial charge in [-0.15, -0.1) is 24.8 Å². The summed E-state index contributed by atoms with van der Waals surface area (Å²) in [6, 6.07) is 0.462. The van der Waals surface area contributed by atoms with E-state index in [0.717, 1.165) is 45.9 Å². The van der Waals surface area contributed by atoms with E-state index in [-0.39, 0.29) is 36.6 Å². The number of ether oxygens (including phenoxy) is 1. The fraction of sp³-hybridized carbons (Fsp3) is 0.923. The molecule has 2 saturated heterocycles. The average molecular weight is 328 g/mol. The van der Waals surface area contributed by atoms with Gasteiger partial charge in [0.2, 0.25) is 5.91 Å². The van der Waals surface area contributed by atoms with E-state index in [1.807, 2.05) is 6.92 Å². The van der Waals surface area contributed by atoms with Gasteiger partial charge in [-0.1, -0.05) is 6.92 Å². The number of nitrogens with one attached hydrogen (secondary N) is 2. The van der Waals surface area contributed by atoms with Crippen molar-refractivity contribution in [3.05, 3.63) is 0 Å². The van der Waals surface area contributed by atoms with Crippen molar-refractivity contribution in [2.45, 2.75) is 19.9 Å². The third-order valence-electron chi connectivity index (χ3n) is 4.14. The normalized spacial score (nSPS) is 24.8. The highest BCUT2D eigenvalue weighted by Crippen LogP contribution is 2.15. The Kier molecular flexibility index (Phi) is 9.76. The van der Waals surface area contributed by atoms with E-state index < -0.39 is 0 Å². The second-order valence-corrected chi connectivity index (χ2v) is 5.46. The highest BCUT2D eigenvalue weighted by Gasteiger charge is 2.28. The third kappa shape index (κ3) is 5.37. The Morgan fingerprint density at radius 3 is 2.70 bits per heavy atom. The maximum Gasteiger partial charge on any atom is 0.223 e. The molecule has 5 nitrogen and oxygen atoms in total. The molecule has 0 bridgehead atoms. The van der Waals surface area contributed by atoms with Crippen LogP contribution in [0.15, 0.2) is 0 Å². The van der Waals surface area contributed by atoms with E-state index in [9.17, 15) is 4.79 Å². The molecule has 0 aliphatic carbocycles. The largest absolute Gasteiger partial charge is 0.379 e. The smallest absolute Gasteiger partial charge is 0.223 e. The van der Waals surface area contributed by atoms with Gasteiger partial charge in [-0.05, 0) is 25.9 Å². The number of amides is 1. The highest BCUT2D eigenvalue weighted by atomic mass is 35.5. The van der Waals surface area contributed by atoms with E-state index in [0.29, 0.717) is 12.0 Å². The van der Waals surface area contributed by atoms with Crippen LogP contribution in [0.5, 0.6) is 0 Å². The first-order valence-corrected chi connectivity index (χ1v) is 6.98. The lowest BCUT2D eigenvalue weighted by molar-refractivity contribution is -0.126. The molecule has 2 aliphatic heterocycles. The Bertz CT molecular complexity index is 291. The number of hydrogen-bond donors (Lipinski definition) is 2. The van der Waals surface area contributed by atoms with Crippen LogP contribution in [0, 0.1) is 11.8 Å². The first kappa shape index (κ1) is 19.9. The van der Waals surface area contributed by atoms with Gasteiger partial charge in [0.25, 0.3) is 0 Å². The molecule has 7 heteroatoms. The van der Waals surface area contributed by atoms with Crippen LogP contribution in [0.2, 0.25) is 0 Å². The molecular formula is C13H27Cl2N3O2. The van der Waals surface area contributed by atoms with Crippen LogP contribution < -0.4 is 10.6 Å². The molecule has 2 aliphatic rings. The summed E-state index contributed by atoms with van der Waals surface area (Å²) in [5.41, 5.74) is 0. The topological polar surface area (TPSA) is 53.6 Å². The zero-order chi connectivity index (χ0) is 13.0. The molecule has 2 atom stereocenters. The Morgan fingerprint density at radius 1 is 1.45 bits per heavy atom. The van der Waals surface area contributed by atoms with Crippen LogP contribution >= 0.6 is 24.8 Å². The molecule has 2 unspecified atom stereocenters. The van der Waals surface area contributed by atoms with Crippen LogP contribution in [-0.4, -0.2) is 62.8 Å². The van der Waals surface area contributed by atoms with E-state index in [2.05, 4.69) is 22.5 Å². The van der Waals surface area contributed by atoms with Gasteiger partial charge in [0.1, 0.15) is 0 Å². The van der Waals surface area contributed by atoms with Crippen LogP contribution in [0.25, 0.3) is 0 Å². The standard InChI is InChI=1S/C13H25N3O2.2ClH/c1-10-9-18-6-5-16(10)4-3-15-13(17)11(2)12-7-14-8-12;;/h10-12,14H,3-9H2,1-2H3,(H,15,17);2*1H. The Morgan fingerprint density at radius 2 is 2.15 bits per heavy atom. The minimum absolute atomic E-state index is 0. The molecule has 0 aromatic heterocycles. The summed E-state index contributed by atoms with van der Waals surface area (Å²) in [6.45, 7) is 10.4. The van der Waals surface area contributed by atoms with Crippen LogP contribution in [0.3, 0.4) is 0 Å². The molecule has 1 amide bonds. The number of hydrogen-bond acceptors (Lipinski definition) is 4. The molecule has 2 N–H and O–H groups in total. The number of morpholine rings is 1.